The zero-order valence-corrected chi connectivity index (χ0v) is 27.2. The number of carboxylic acid groups (broad SMARTS) is 1. The van der Waals surface area contributed by atoms with Gasteiger partial charge in [-0.15, -0.1) is 0 Å². The minimum atomic E-state index is -2.08. The highest BCUT2D eigenvalue weighted by atomic mass is 35.5. The van der Waals surface area contributed by atoms with Gasteiger partial charge in [-0.05, 0) is 48.4 Å². The Morgan fingerprint density at radius 3 is 2.35 bits per heavy atom. The van der Waals surface area contributed by atoms with E-state index in [2.05, 4.69) is 16.0 Å². The molecule has 0 bridgehead atoms. The smallest absolute Gasteiger partial charge is 0.534 e. The molecule has 0 spiro atoms. The number of carboxylic acids is 1. The van der Waals surface area contributed by atoms with Crippen LogP contribution in [0.3, 0.4) is 0 Å². The number of hydrogen-bond donors (Lipinski definition) is 8. The van der Waals surface area contributed by atoms with E-state index in [1.807, 2.05) is 0 Å². The van der Waals surface area contributed by atoms with E-state index in [0.717, 1.165) is 17.0 Å². The topological polar surface area (TPSA) is 255 Å². The highest BCUT2D eigenvalue weighted by Gasteiger charge is 2.42. The number of fused-ring (bicyclic) bond motifs is 1. The van der Waals surface area contributed by atoms with Gasteiger partial charge in [0, 0.05) is 37.3 Å². The fourth-order valence-electron chi connectivity index (χ4n) is 5.44. The fourth-order valence-corrected chi connectivity index (χ4v) is 5.70. The van der Waals surface area contributed by atoms with Crippen LogP contribution >= 0.6 is 11.6 Å². The normalized spacial score (nSPS) is 16.1. The number of nitrogens with zero attached hydrogens (tertiary/aromatic N) is 2. The average Bonchev–Trinajstić information content (AvgIpc) is 3.10. The number of amides is 6. The Hall–Kier alpha value is -6.15. The number of nitrogens with one attached hydrogen (secondary N) is 3. The van der Waals surface area contributed by atoms with Gasteiger partial charge in [0.05, 0.1) is 11.0 Å². The van der Waals surface area contributed by atoms with Gasteiger partial charge in [-0.3, -0.25) is 24.1 Å². The molecular weight excluding hydrogens is 719 g/mol. The van der Waals surface area contributed by atoms with Crippen LogP contribution in [0.4, 0.5) is 13.6 Å². The van der Waals surface area contributed by atoms with Crippen molar-refractivity contribution in [3.8, 4) is 23.0 Å². The van der Waals surface area contributed by atoms with Crippen LogP contribution in [0.25, 0.3) is 0 Å². The Labute approximate surface area is 296 Å². The number of phenols is 3. The predicted octanol–water partition coefficient (Wildman–Crippen LogP) is 0.424. The molecule has 21 heteroatoms. The van der Waals surface area contributed by atoms with Crippen LogP contribution < -0.4 is 20.6 Å². The van der Waals surface area contributed by atoms with Crippen LogP contribution in [0.15, 0.2) is 42.5 Å². The quantitative estimate of drug-likeness (QED) is 0.0843. The lowest BCUT2D eigenvalue weighted by Gasteiger charge is -2.34. The molecule has 2 aliphatic rings. The Morgan fingerprint density at radius 1 is 0.981 bits per heavy atom. The molecule has 3 aromatic carbocycles. The van der Waals surface area contributed by atoms with Crippen molar-refractivity contribution in [2.24, 2.45) is 0 Å². The minimum absolute atomic E-state index is 0.0498. The second-order valence-corrected chi connectivity index (χ2v) is 11.8. The van der Waals surface area contributed by atoms with E-state index in [4.69, 9.17) is 16.3 Å². The molecule has 0 saturated carbocycles. The van der Waals surface area contributed by atoms with Crippen LogP contribution in [0, 0.1) is 11.6 Å². The van der Waals surface area contributed by atoms with E-state index in [1.54, 1.807) is 0 Å². The molecule has 52 heavy (non-hydrogen) atoms. The Balaban J connectivity index is 1.31. The molecule has 0 radical (unpaired) electrons. The third kappa shape index (κ3) is 7.47. The number of rotatable bonds is 9. The van der Waals surface area contributed by atoms with Crippen LogP contribution in [-0.2, 0) is 20.8 Å². The van der Waals surface area contributed by atoms with Crippen molar-refractivity contribution in [3.63, 3.8) is 0 Å². The first-order valence-corrected chi connectivity index (χ1v) is 15.5. The molecule has 0 aliphatic carbocycles. The Bertz CT molecular complexity index is 1990. The lowest BCUT2D eigenvalue weighted by molar-refractivity contribution is -0.153. The van der Waals surface area contributed by atoms with Crippen molar-refractivity contribution in [1.29, 1.82) is 0 Å². The van der Waals surface area contributed by atoms with Gasteiger partial charge in [0.2, 0.25) is 5.91 Å². The standard InChI is InChI=1S/C31H27BClF2N5O12/c33-21-16(12-18(35)23(42)24(21)43)22(27(45)37-19-11-14-3-6-17(34)20(30(48)49)25(14)52-32(19)51)38-31(50)40-10-9-39(28(46)29(40)47)8-7-36-26(44)13-1-4-15(41)5-2-13/h1-6,12,19,22,41-43,51H,7-11H2,(H,36,44)(H,37,45)(H,38,50)(H,48,49)/t19-,22?/m0/s1. The lowest BCUT2D eigenvalue weighted by Crippen LogP contribution is -2.60. The van der Waals surface area contributed by atoms with E-state index in [0.29, 0.717) is 11.0 Å². The van der Waals surface area contributed by atoms with Crippen LogP contribution in [0.2, 0.25) is 5.02 Å². The largest absolute Gasteiger partial charge is 0.547 e. The van der Waals surface area contributed by atoms with Gasteiger partial charge in [0.25, 0.3) is 5.91 Å². The van der Waals surface area contributed by atoms with Crippen LogP contribution in [0.5, 0.6) is 23.0 Å². The summed E-state index contributed by atoms with van der Waals surface area (Å²) < 4.78 is 34.0. The number of halogens is 3. The lowest BCUT2D eigenvalue weighted by atomic mass is 9.72. The number of carbonyl (C=O) groups is 6. The number of phenolic OH excluding ortho intramolecular Hbond substituents is 3. The maximum absolute atomic E-state index is 14.6. The first-order valence-electron chi connectivity index (χ1n) is 15.2. The summed E-state index contributed by atoms with van der Waals surface area (Å²) in [5.74, 6) is -13.0. The third-order valence-corrected chi connectivity index (χ3v) is 8.54. The molecule has 1 unspecified atom stereocenters. The minimum Gasteiger partial charge on any atom is -0.534 e. The van der Waals surface area contributed by atoms with Gasteiger partial charge in [-0.2, -0.15) is 0 Å². The monoisotopic (exact) mass is 745 g/mol. The third-order valence-electron chi connectivity index (χ3n) is 8.14. The number of aromatic carboxylic acids is 1. The van der Waals surface area contributed by atoms with Crippen molar-refractivity contribution >= 4 is 54.3 Å². The predicted molar refractivity (Wildman–Crippen MR) is 172 cm³/mol. The summed E-state index contributed by atoms with van der Waals surface area (Å²) in [5, 5.41) is 55.5. The summed E-state index contributed by atoms with van der Waals surface area (Å²) in [5.41, 5.74) is -1.22. The van der Waals surface area contributed by atoms with Gasteiger partial charge < -0.3 is 51.0 Å². The maximum Gasteiger partial charge on any atom is 0.547 e. The first-order chi connectivity index (χ1) is 24.6. The van der Waals surface area contributed by atoms with Crippen LogP contribution in [-0.4, -0.2) is 110 Å². The number of aromatic hydroxyl groups is 3. The van der Waals surface area contributed by atoms with Crippen LogP contribution in [0.1, 0.15) is 37.9 Å². The molecule has 17 nitrogen and oxygen atoms in total. The molecule has 1 saturated heterocycles. The van der Waals surface area contributed by atoms with Crippen molar-refractivity contribution in [2.45, 2.75) is 18.4 Å². The number of imide groups is 1. The van der Waals surface area contributed by atoms with E-state index in [-0.39, 0.29) is 42.9 Å². The molecule has 5 rings (SSSR count). The van der Waals surface area contributed by atoms with Crippen molar-refractivity contribution in [2.75, 3.05) is 26.2 Å². The zero-order valence-electron chi connectivity index (χ0n) is 26.4. The van der Waals surface area contributed by atoms with Gasteiger partial charge in [-0.25, -0.2) is 18.4 Å². The molecule has 272 valence electrons. The summed E-state index contributed by atoms with van der Waals surface area (Å²) in [6.45, 7) is -0.835. The molecule has 3 aromatic rings. The van der Waals surface area contributed by atoms with Gasteiger partial charge in [0.15, 0.2) is 17.3 Å². The van der Waals surface area contributed by atoms with E-state index >= 15 is 0 Å². The SMILES string of the molecule is O=C(NCCN1CCN(C(=O)NC(C(=O)N[C@H]2Cc3ccc(F)c(C(=O)O)c3OB2O)c2cc(F)c(O)c(O)c2Cl)C(=O)C1=O)c1ccc(O)cc1. The molecule has 0 aromatic heterocycles. The first kappa shape index (κ1) is 37.1. The number of urea groups is 1. The summed E-state index contributed by atoms with van der Waals surface area (Å²) in [4.78, 5) is 78.3. The van der Waals surface area contributed by atoms with E-state index < -0.39 is 106 Å². The molecule has 1 fully saturated rings. The molecule has 6 amide bonds. The summed E-state index contributed by atoms with van der Waals surface area (Å²) in [6, 6.07) is 4.41. The van der Waals surface area contributed by atoms with Crippen molar-refractivity contribution in [1.82, 2.24) is 25.8 Å². The summed E-state index contributed by atoms with van der Waals surface area (Å²) in [7, 11) is -1.98. The number of carbonyl (C=O) groups excluding carboxylic acids is 5. The number of hydrogen-bond acceptors (Lipinski definition) is 11. The second-order valence-electron chi connectivity index (χ2n) is 11.4. The molecule has 2 heterocycles. The summed E-state index contributed by atoms with van der Waals surface area (Å²) in [6.07, 6.45) is -0.337. The molecule has 2 aliphatic heterocycles. The number of benzene rings is 3. The van der Waals surface area contributed by atoms with Gasteiger partial charge in [0.1, 0.15) is 28.9 Å². The van der Waals surface area contributed by atoms with E-state index in [1.165, 1.54) is 24.3 Å². The Kier molecular flexibility index (Phi) is 10.7. The Morgan fingerprint density at radius 2 is 1.67 bits per heavy atom. The summed E-state index contributed by atoms with van der Waals surface area (Å²) >= 11 is 6.11. The number of piperazine rings is 1. The molecule has 8 N–H and O–H groups in total. The van der Waals surface area contributed by atoms with E-state index in [9.17, 15) is 63.0 Å². The van der Waals surface area contributed by atoms with Crippen molar-refractivity contribution < 1.29 is 67.7 Å². The zero-order chi connectivity index (χ0) is 38.0. The molecular formula is C31H27BClF2N5O12. The fraction of sp³-hybridized carbons (Fsp3) is 0.226. The van der Waals surface area contributed by atoms with Gasteiger partial charge in [-0.1, -0.05) is 17.7 Å². The molecule has 2 atom stereocenters. The average molecular weight is 746 g/mol. The maximum atomic E-state index is 14.6. The highest BCUT2D eigenvalue weighted by Crippen LogP contribution is 2.40. The second kappa shape index (κ2) is 15.0. The van der Waals surface area contributed by atoms with Crippen molar-refractivity contribution in [3.05, 3.63) is 81.4 Å². The highest BCUT2D eigenvalue weighted by molar-refractivity contribution is 6.47. The van der Waals surface area contributed by atoms with Gasteiger partial charge >= 0.3 is 30.9 Å².